The highest BCUT2D eigenvalue weighted by Gasteiger charge is 2.30. The van der Waals surface area contributed by atoms with Crippen LogP contribution in [0.3, 0.4) is 0 Å². The number of rotatable bonds is 2. The maximum Gasteiger partial charge on any atom is 0.420 e. The number of aromatic nitrogens is 1. The van der Waals surface area contributed by atoms with Gasteiger partial charge < -0.3 is 9.32 Å². The van der Waals surface area contributed by atoms with Crippen LogP contribution in [0, 0.1) is 0 Å². The van der Waals surface area contributed by atoms with Gasteiger partial charge in [-0.1, -0.05) is 30.3 Å². The number of oxazole rings is 1. The second-order valence-electron chi connectivity index (χ2n) is 5.75. The molecule has 0 N–H and O–H groups in total. The highest BCUT2D eigenvalue weighted by molar-refractivity contribution is 5.98. The maximum absolute atomic E-state index is 12.9. The number of benzene rings is 2. The summed E-state index contributed by atoms with van der Waals surface area (Å²) in [6.45, 7) is 2.39. The van der Waals surface area contributed by atoms with Gasteiger partial charge >= 0.3 is 5.76 Å². The van der Waals surface area contributed by atoms with Crippen LogP contribution in [0.1, 0.15) is 18.5 Å². The molecule has 2 aromatic carbocycles. The minimum absolute atomic E-state index is 0.0939. The van der Waals surface area contributed by atoms with Gasteiger partial charge in [-0.2, -0.15) is 0 Å². The van der Waals surface area contributed by atoms with E-state index >= 15 is 0 Å². The molecule has 1 amide bonds. The number of carbonyl (C=O) groups excluding carboxylic acids is 1. The average Bonchev–Trinajstić information content (AvgIpc) is 3.13. The first-order valence-corrected chi connectivity index (χ1v) is 7.66. The quantitative estimate of drug-likeness (QED) is 0.731. The summed E-state index contributed by atoms with van der Waals surface area (Å²) in [5, 5.41) is 0. The molecule has 0 saturated carbocycles. The monoisotopic (exact) mass is 308 g/mol. The summed E-state index contributed by atoms with van der Waals surface area (Å²) in [7, 11) is 0. The smallest absolute Gasteiger partial charge is 0.408 e. The zero-order valence-electron chi connectivity index (χ0n) is 12.7. The molecule has 0 fully saturated rings. The van der Waals surface area contributed by atoms with E-state index in [2.05, 4.69) is 0 Å². The van der Waals surface area contributed by atoms with Crippen LogP contribution in [0.25, 0.3) is 11.1 Å². The summed E-state index contributed by atoms with van der Waals surface area (Å²) in [5.74, 6) is -0.594. The number of hydrogen-bond acceptors (Lipinski definition) is 3. The lowest BCUT2D eigenvalue weighted by Crippen LogP contribution is -2.37. The van der Waals surface area contributed by atoms with Crippen molar-refractivity contribution in [2.24, 2.45) is 0 Å². The van der Waals surface area contributed by atoms with Gasteiger partial charge in [0.2, 0.25) is 5.91 Å². The maximum atomic E-state index is 12.9. The molecule has 4 rings (SSSR count). The number of fused-ring (bicyclic) bond motifs is 2. The highest BCUT2D eigenvalue weighted by Crippen LogP contribution is 2.30. The van der Waals surface area contributed by atoms with Gasteiger partial charge in [-0.25, -0.2) is 4.79 Å². The van der Waals surface area contributed by atoms with E-state index in [-0.39, 0.29) is 5.91 Å². The second kappa shape index (κ2) is 5.12. The summed E-state index contributed by atoms with van der Waals surface area (Å²) in [5.41, 5.74) is 3.24. The molecule has 0 bridgehead atoms. The Balaban J connectivity index is 1.75. The lowest BCUT2D eigenvalue weighted by Gasteiger charge is -2.22. The molecule has 1 aliphatic heterocycles. The van der Waals surface area contributed by atoms with Crippen molar-refractivity contribution in [1.29, 1.82) is 0 Å². The van der Waals surface area contributed by atoms with Crippen molar-refractivity contribution in [1.82, 2.24) is 4.57 Å². The molecule has 116 valence electrons. The fourth-order valence-corrected chi connectivity index (χ4v) is 3.25. The molecule has 2 heterocycles. The predicted molar refractivity (Wildman–Crippen MR) is 87.7 cm³/mol. The Kier molecular flexibility index (Phi) is 3.08. The van der Waals surface area contributed by atoms with Crippen molar-refractivity contribution in [2.45, 2.75) is 19.4 Å². The summed E-state index contributed by atoms with van der Waals surface area (Å²) in [6.07, 6.45) is 0.843. The van der Waals surface area contributed by atoms with Crippen LogP contribution in [0.5, 0.6) is 0 Å². The largest absolute Gasteiger partial charge is 0.420 e. The SMILES string of the molecule is CC(C(=O)N1CCc2ccccc21)n1c(=O)oc2ccccc21. The second-order valence-corrected chi connectivity index (χ2v) is 5.75. The van der Waals surface area contributed by atoms with Crippen molar-refractivity contribution >= 4 is 22.7 Å². The van der Waals surface area contributed by atoms with E-state index in [0.29, 0.717) is 17.6 Å². The van der Waals surface area contributed by atoms with E-state index in [9.17, 15) is 9.59 Å². The minimum Gasteiger partial charge on any atom is -0.408 e. The number of para-hydroxylation sites is 3. The first-order valence-electron chi connectivity index (χ1n) is 7.66. The Hall–Kier alpha value is -2.82. The first kappa shape index (κ1) is 13.8. The molecule has 1 aromatic heterocycles. The van der Waals surface area contributed by atoms with Crippen LogP contribution in [0.4, 0.5) is 5.69 Å². The zero-order chi connectivity index (χ0) is 16.0. The van der Waals surface area contributed by atoms with Gasteiger partial charge in [-0.3, -0.25) is 9.36 Å². The Morgan fingerprint density at radius 1 is 1.13 bits per heavy atom. The van der Waals surface area contributed by atoms with E-state index in [1.165, 1.54) is 4.57 Å². The van der Waals surface area contributed by atoms with Crippen LogP contribution in [0.15, 0.2) is 57.7 Å². The zero-order valence-corrected chi connectivity index (χ0v) is 12.7. The standard InChI is InChI=1S/C18H16N2O3/c1-12(20-15-8-4-5-9-16(15)23-18(20)22)17(21)19-11-10-13-6-2-3-7-14(13)19/h2-9,12H,10-11H2,1H3. The summed E-state index contributed by atoms with van der Waals surface area (Å²) in [4.78, 5) is 26.9. The Labute approximate surface area is 132 Å². The molecule has 23 heavy (non-hydrogen) atoms. The number of anilines is 1. The molecule has 1 atom stereocenters. The van der Waals surface area contributed by atoms with Crippen LogP contribution >= 0.6 is 0 Å². The van der Waals surface area contributed by atoms with Crippen molar-refractivity contribution in [3.63, 3.8) is 0 Å². The van der Waals surface area contributed by atoms with Crippen LogP contribution in [-0.2, 0) is 11.2 Å². The van der Waals surface area contributed by atoms with Gasteiger partial charge in [0.05, 0.1) is 5.52 Å². The molecule has 0 spiro atoms. The molecular weight excluding hydrogens is 292 g/mol. The normalized spacial score (nSPS) is 14.9. The van der Waals surface area contributed by atoms with Crippen molar-refractivity contribution in [3.8, 4) is 0 Å². The number of hydrogen-bond donors (Lipinski definition) is 0. The van der Waals surface area contributed by atoms with E-state index < -0.39 is 11.8 Å². The van der Waals surface area contributed by atoms with Gasteiger partial charge in [0, 0.05) is 12.2 Å². The number of amides is 1. The minimum atomic E-state index is -0.614. The van der Waals surface area contributed by atoms with Crippen molar-refractivity contribution in [3.05, 3.63) is 64.6 Å². The molecule has 0 radical (unpaired) electrons. The molecule has 3 aromatic rings. The van der Waals surface area contributed by atoms with Crippen molar-refractivity contribution in [2.75, 3.05) is 11.4 Å². The number of carbonyl (C=O) groups is 1. The summed E-state index contributed by atoms with van der Waals surface area (Å²) < 4.78 is 6.67. The lowest BCUT2D eigenvalue weighted by molar-refractivity contribution is -0.121. The average molecular weight is 308 g/mol. The first-order chi connectivity index (χ1) is 11.2. The van der Waals surface area contributed by atoms with Crippen LogP contribution < -0.4 is 10.7 Å². The van der Waals surface area contributed by atoms with Crippen LogP contribution in [-0.4, -0.2) is 17.0 Å². The van der Waals surface area contributed by atoms with E-state index in [0.717, 1.165) is 17.7 Å². The van der Waals surface area contributed by atoms with Crippen molar-refractivity contribution < 1.29 is 9.21 Å². The molecule has 0 saturated heterocycles. The Bertz CT molecular complexity index is 954. The van der Waals surface area contributed by atoms with Gasteiger partial charge in [0.1, 0.15) is 6.04 Å². The highest BCUT2D eigenvalue weighted by atomic mass is 16.4. The molecule has 1 unspecified atom stereocenters. The van der Waals surface area contributed by atoms with Gasteiger partial charge in [-0.15, -0.1) is 0 Å². The molecular formula is C18H16N2O3. The topological polar surface area (TPSA) is 55.5 Å². The Morgan fingerprint density at radius 3 is 2.74 bits per heavy atom. The molecule has 0 aliphatic carbocycles. The van der Waals surface area contributed by atoms with Gasteiger partial charge in [0.25, 0.3) is 0 Å². The predicted octanol–water partition coefficient (Wildman–Crippen LogP) is 2.74. The van der Waals surface area contributed by atoms with Gasteiger partial charge in [-0.05, 0) is 37.1 Å². The third-order valence-electron chi connectivity index (χ3n) is 4.42. The fraction of sp³-hybridized carbons (Fsp3) is 0.222. The lowest BCUT2D eigenvalue weighted by atomic mass is 10.2. The molecule has 5 heteroatoms. The molecule has 1 aliphatic rings. The fourth-order valence-electron chi connectivity index (χ4n) is 3.25. The van der Waals surface area contributed by atoms with Crippen LogP contribution in [0.2, 0.25) is 0 Å². The van der Waals surface area contributed by atoms with E-state index in [1.54, 1.807) is 30.0 Å². The summed E-state index contributed by atoms with van der Waals surface area (Å²) in [6, 6.07) is 14.4. The van der Waals surface area contributed by atoms with E-state index in [4.69, 9.17) is 4.42 Å². The van der Waals surface area contributed by atoms with E-state index in [1.807, 2.05) is 30.3 Å². The third kappa shape index (κ3) is 2.08. The third-order valence-corrected chi connectivity index (χ3v) is 4.42. The summed E-state index contributed by atoms with van der Waals surface area (Å²) >= 11 is 0. The molecule has 5 nitrogen and oxygen atoms in total. The Morgan fingerprint density at radius 2 is 1.87 bits per heavy atom. The van der Waals surface area contributed by atoms with Gasteiger partial charge in [0.15, 0.2) is 5.58 Å². The number of nitrogens with zero attached hydrogens (tertiary/aromatic N) is 2.